The molecule has 94 valence electrons. The highest BCUT2D eigenvalue weighted by atomic mass is 32.2. The molecule has 2 N–H and O–H groups in total. The highest BCUT2D eigenvalue weighted by Crippen LogP contribution is 2.02. The second kappa shape index (κ2) is 5.74. The molecule has 0 aliphatic carbocycles. The number of carbonyl (C=O) groups is 1. The van der Waals surface area contributed by atoms with Crippen LogP contribution in [0.1, 0.15) is 10.4 Å². The van der Waals surface area contributed by atoms with Crippen LogP contribution in [0.4, 0.5) is 4.39 Å². The Morgan fingerprint density at radius 2 is 2.06 bits per heavy atom. The first-order valence-electron chi connectivity index (χ1n) is 4.87. The van der Waals surface area contributed by atoms with Gasteiger partial charge in [-0.15, -0.1) is 0 Å². The third-order valence-electron chi connectivity index (χ3n) is 1.86. The molecule has 7 heteroatoms. The van der Waals surface area contributed by atoms with Gasteiger partial charge < -0.3 is 5.32 Å². The number of hydrogen-bond donors (Lipinski definition) is 2. The lowest BCUT2D eigenvalue weighted by atomic mass is 10.2. The lowest BCUT2D eigenvalue weighted by molar-refractivity contribution is 0.0954. The third-order valence-corrected chi connectivity index (χ3v) is 2.59. The number of amides is 1. The van der Waals surface area contributed by atoms with Crippen molar-refractivity contribution in [2.24, 2.45) is 0 Å². The van der Waals surface area contributed by atoms with Crippen LogP contribution >= 0.6 is 0 Å². The second-order valence-electron chi connectivity index (χ2n) is 3.43. The number of sulfonamides is 1. The fraction of sp³-hybridized carbons (Fsp3) is 0.300. The van der Waals surface area contributed by atoms with Gasteiger partial charge in [-0.3, -0.25) is 4.79 Å². The Labute approximate surface area is 99.1 Å². The molecule has 0 aliphatic heterocycles. The Bertz CT molecular complexity index is 502. The third kappa shape index (κ3) is 5.41. The van der Waals surface area contributed by atoms with E-state index >= 15 is 0 Å². The summed E-state index contributed by atoms with van der Waals surface area (Å²) in [5.74, 6) is -0.938. The molecule has 0 saturated carbocycles. The molecular weight excluding hydrogens is 247 g/mol. The molecule has 0 radical (unpaired) electrons. The number of benzene rings is 1. The summed E-state index contributed by atoms with van der Waals surface area (Å²) in [7, 11) is -3.25. The van der Waals surface area contributed by atoms with Gasteiger partial charge in [0.1, 0.15) is 5.82 Å². The standard InChI is InChI=1S/C10H13FN2O3S/c1-17(15,16)13-6-5-12-10(14)8-3-2-4-9(11)7-8/h2-4,7,13H,5-6H2,1H3,(H,12,14). The summed E-state index contributed by atoms with van der Waals surface area (Å²) in [4.78, 5) is 11.5. The Morgan fingerprint density at radius 1 is 1.35 bits per heavy atom. The zero-order chi connectivity index (χ0) is 12.9. The number of hydrogen-bond acceptors (Lipinski definition) is 3. The first-order chi connectivity index (χ1) is 7.88. The molecule has 17 heavy (non-hydrogen) atoms. The Kier molecular flexibility index (Phi) is 4.59. The van der Waals surface area contributed by atoms with E-state index in [0.29, 0.717) is 0 Å². The van der Waals surface area contributed by atoms with Gasteiger partial charge in [-0.05, 0) is 18.2 Å². The van der Waals surface area contributed by atoms with Crippen LogP contribution in [-0.2, 0) is 10.0 Å². The van der Waals surface area contributed by atoms with Crippen LogP contribution in [0.2, 0.25) is 0 Å². The number of halogens is 1. The molecule has 1 aromatic carbocycles. The molecule has 0 unspecified atom stereocenters. The van der Waals surface area contributed by atoms with Crippen molar-refractivity contribution in [2.45, 2.75) is 0 Å². The second-order valence-corrected chi connectivity index (χ2v) is 5.27. The highest BCUT2D eigenvalue weighted by Gasteiger charge is 2.06. The van der Waals surface area contributed by atoms with E-state index in [1.54, 1.807) is 0 Å². The first kappa shape index (κ1) is 13.6. The quantitative estimate of drug-likeness (QED) is 0.738. The van der Waals surface area contributed by atoms with Gasteiger partial charge in [0.25, 0.3) is 5.91 Å². The van der Waals surface area contributed by atoms with Gasteiger partial charge in [0.05, 0.1) is 6.26 Å². The van der Waals surface area contributed by atoms with Crippen molar-refractivity contribution in [2.75, 3.05) is 19.3 Å². The van der Waals surface area contributed by atoms with Crippen molar-refractivity contribution in [3.63, 3.8) is 0 Å². The molecule has 1 aromatic rings. The molecule has 0 aliphatic rings. The van der Waals surface area contributed by atoms with Crippen molar-refractivity contribution >= 4 is 15.9 Å². The SMILES string of the molecule is CS(=O)(=O)NCCNC(=O)c1cccc(F)c1. The van der Waals surface area contributed by atoms with Gasteiger partial charge in [0.2, 0.25) is 10.0 Å². The van der Waals surface area contributed by atoms with E-state index in [4.69, 9.17) is 0 Å². The van der Waals surface area contributed by atoms with Crippen LogP contribution in [0.15, 0.2) is 24.3 Å². The monoisotopic (exact) mass is 260 g/mol. The summed E-state index contributed by atoms with van der Waals surface area (Å²) < 4.78 is 36.5. The summed E-state index contributed by atoms with van der Waals surface area (Å²) >= 11 is 0. The zero-order valence-electron chi connectivity index (χ0n) is 9.23. The predicted molar refractivity (Wildman–Crippen MR) is 61.6 cm³/mol. The van der Waals surface area contributed by atoms with Crippen LogP contribution in [0.5, 0.6) is 0 Å². The van der Waals surface area contributed by atoms with E-state index in [-0.39, 0.29) is 18.7 Å². The smallest absolute Gasteiger partial charge is 0.251 e. The summed E-state index contributed by atoms with van der Waals surface area (Å²) in [5, 5.41) is 2.47. The molecule has 0 spiro atoms. The molecule has 0 aromatic heterocycles. The maximum Gasteiger partial charge on any atom is 0.251 e. The molecule has 0 saturated heterocycles. The molecule has 1 amide bonds. The summed E-state index contributed by atoms with van der Waals surface area (Å²) in [6.45, 7) is 0.238. The molecule has 0 heterocycles. The van der Waals surface area contributed by atoms with Crippen molar-refractivity contribution < 1.29 is 17.6 Å². The fourth-order valence-electron chi connectivity index (χ4n) is 1.14. The van der Waals surface area contributed by atoms with Crippen LogP contribution in [0.3, 0.4) is 0 Å². The average molecular weight is 260 g/mol. The number of rotatable bonds is 5. The van der Waals surface area contributed by atoms with E-state index in [9.17, 15) is 17.6 Å². The van der Waals surface area contributed by atoms with E-state index in [0.717, 1.165) is 12.3 Å². The summed E-state index contributed by atoms with van der Waals surface area (Å²) in [5.41, 5.74) is 0.198. The van der Waals surface area contributed by atoms with E-state index in [1.807, 2.05) is 0 Å². The first-order valence-corrected chi connectivity index (χ1v) is 6.76. The fourth-order valence-corrected chi connectivity index (χ4v) is 1.62. The Hall–Kier alpha value is -1.47. The zero-order valence-corrected chi connectivity index (χ0v) is 10.1. The molecule has 0 fully saturated rings. The summed E-state index contributed by atoms with van der Waals surface area (Å²) in [6.07, 6.45) is 1.03. The van der Waals surface area contributed by atoms with E-state index in [1.165, 1.54) is 18.2 Å². The van der Waals surface area contributed by atoms with Gasteiger partial charge in [-0.2, -0.15) is 0 Å². The van der Waals surface area contributed by atoms with Gasteiger partial charge >= 0.3 is 0 Å². The van der Waals surface area contributed by atoms with Gasteiger partial charge in [-0.1, -0.05) is 6.07 Å². The largest absolute Gasteiger partial charge is 0.351 e. The van der Waals surface area contributed by atoms with Crippen LogP contribution in [0, 0.1) is 5.82 Å². The van der Waals surface area contributed by atoms with Gasteiger partial charge in [0, 0.05) is 18.7 Å². The predicted octanol–water partition coefficient (Wildman–Crippen LogP) is 0.105. The van der Waals surface area contributed by atoms with Crippen molar-refractivity contribution in [1.82, 2.24) is 10.0 Å². The molecule has 5 nitrogen and oxygen atoms in total. The lowest BCUT2D eigenvalue weighted by Gasteiger charge is -2.05. The minimum Gasteiger partial charge on any atom is -0.351 e. The molecular formula is C10H13FN2O3S. The van der Waals surface area contributed by atoms with Crippen LogP contribution < -0.4 is 10.0 Å². The van der Waals surface area contributed by atoms with Gasteiger partial charge in [-0.25, -0.2) is 17.5 Å². The van der Waals surface area contributed by atoms with Crippen LogP contribution in [-0.4, -0.2) is 33.7 Å². The van der Waals surface area contributed by atoms with Crippen molar-refractivity contribution in [3.8, 4) is 0 Å². The lowest BCUT2D eigenvalue weighted by Crippen LogP contribution is -2.34. The average Bonchev–Trinajstić information content (AvgIpc) is 2.23. The maximum absolute atomic E-state index is 12.8. The number of nitrogens with one attached hydrogen (secondary N) is 2. The normalized spacial score (nSPS) is 11.2. The summed E-state index contributed by atoms with van der Waals surface area (Å²) in [6, 6.07) is 5.25. The number of carbonyl (C=O) groups excluding carboxylic acids is 1. The molecule has 0 bridgehead atoms. The Morgan fingerprint density at radius 3 is 2.65 bits per heavy atom. The molecule has 0 atom stereocenters. The highest BCUT2D eigenvalue weighted by molar-refractivity contribution is 7.88. The topological polar surface area (TPSA) is 75.3 Å². The van der Waals surface area contributed by atoms with E-state index in [2.05, 4.69) is 10.0 Å². The van der Waals surface area contributed by atoms with Gasteiger partial charge in [0.15, 0.2) is 0 Å². The maximum atomic E-state index is 12.8. The van der Waals surface area contributed by atoms with E-state index < -0.39 is 21.7 Å². The van der Waals surface area contributed by atoms with Crippen molar-refractivity contribution in [1.29, 1.82) is 0 Å². The minimum absolute atomic E-state index is 0.0971. The van der Waals surface area contributed by atoms with Crippen LogP contribution in [0.25, 0.3) is 0 Å². The van der Waals surface area contributed by atoms with Crippen molar-refractivity contribution in [3.05, 3.63) is 35.6 Å². The molecule has 1 rings (SSSR count). The minimum atomic E-state index is -3.25. The Balaban J connectivity index is 2.41.